The summed E-state index contributed by atoms with van der Waals surface area (Å²) in [6.07, 6.45) is -2.51. The predicted octanol–water partition coefficient (Wildman–Crippen LogP) is 3.53. The highest BCUT2D eigenvalue weighted by Gasteiger charge is 2.45. The van der Waals surface area contributed by atoms with Crippen molar-refractivity contribution in [3.05, 3.63) is 10.0 Å². The molecule has 1 aliphatic rings. The average Bonchev–Trinajstić information content (AvgIpc) is 2.69. The number of aromatic nitrogens is 1. The van der Waals surface area contributed by atoms with E-state index in [1.165, 1.54) is 4.90 Å². The van der Waals surface area contributed by atoms with E-state index in [9.17, 15) is 18.0 Å². The summed E-state index contributed by atoms with van der Waals surface area (Å²) >= 11 is 6.59. The van der Waals surface area contributed by atoms with Crippen LogP contribution in [0, 0.1) is 0 Å². The van der Waals surface area contributed by atoms with Crippen molar-refractivity contribution in [3.63, 3.8) is 0 Å². The topological polar surface area (TPSA) is 33.2 Å². The van der Waals surface area contributed by atoms with Gasteiger partial charge in [0.15, 0.2) is 16.6 Å². The quantitative estimate of drug-likeness (QED) is 0.783. The number of thiazole rings is 1. The van der Waals surface area contributed by atoms with Crippen LogP contribution in [0.3, 0.4) is 0 Å². The van der Waals surface area contributed by atoms with Crippen molar-refractivity contribution in [1.29, 1.82) is 0 Å². The van der Waals surface area contributed by atoms with E-state index in [-0.39, 0.29) is 28.1 Å². The zero-order valence-corrected chi connectivity index (χ0v) is 10.8. The van der Waals surface area contributed by atoms with Gasteiger partial charge in [0, 0.05) is 6.54 Å². The molecule has 0 bridgehead atoms. The van der Waals surface area contributed by atoms with Gasteiger partial charge in [-0.3, -0.25) is 4.79 Å². The van der Waals surface area contributed by atoms with Crippen molar-refractivity contribution in [3.8, 4) is 0 Å². The van der Waals surface area contributed by atoms with Crippen molar-refractivity contribution < 1.29 is 18.0 Å². The first kappa shape index (κ1) is 13.6. The average molecular weight is 299 g/mol. The highest BCUT2D eigenvalue weighted by molar-refractivity contribution is 7.17. The SMILES string of the molecule is O=Cc1sc(N2CCCCC2C(F)(F)F)nc1Cl. The number of hydrogen-bond acceptors (Lipinski definition) is 4. The number of aldehydes is 1. The summed E-state index contributed by atoms with van der Waals surface area (Å²) in [7, 11) is 0. The number of alkyl halides is 3. The Morgan fingerprint density at radius 2 is 2.17 bits per heavy atom. The predicted molar refractivity (Wildman–Crippen MR) is 63.6 cm³/mol. The van der Waals surface area contributed by atoms with Gasteiger partial charge in [-0.25, -0.2) is 4.98 Å². The molecule has 1 aromatic rings. The molecule has 1 aliphatic heterocycles. The molecule has 100 valence electrons. The summed E-state index contributed by atoms with van der Waals surface area (Å²) < 4.78 is 38.7. The van der Waals surface area contributed by atoms with Crippen LogP contribution in [0.5, 0.6) is 0 Å². The van der Waals surface area contributed by atoms with Crippen LogP contribution >= 0.6 is 22.9 Å². The van der Waals surface area contributed by atoms with Crippen LogP contribution in [-0.2, 0) is 0 Å². The molecule has 1 atom stereocenters. The molecule has 2 rings (SSSR count). The minimum absolute atomic E-state index is 0.0310. The van der Waals surface area contributed by atoms with Gasteiger partial charge in [-0.2, -0.15) is 13.2 Å². The van der Waals surface area contributed by atoms with Crippen LogP contribution in [0.1, 0.15) is 28.9 Å². The number of halogens is 4. The van der Waals surface area contributed by atoms with Crippen molar-refractivity contribution >= 4 is 34.4 Å². The number of carbonyl (C=O) groups is 1. The van der Waals surface area contributed by atoms with E-state index in [2.05, 4.69) is 4.98 Å². The number of carbonyl (C=O) groups excluding carboxylic acids is 1. The van der Waals surface area contributed by atoms with Crippen LogP contribution in [0.15, 0.2) is 0 Å². The molecule has 0 radical (unpaired) electrons. The molecule has 0 saturated carbocycles. The Bertz CT molecular complexity index is 449. The molecule has 8 heteroatoms. The lowest BCUT2D eigenvalue weighted by Crippen LogP contribution is -2.48. The lowest BCUT2D eigenvalue weighted by Gasteiger charge is -2.36. The largest absolute Gasteiger partial charge is 0.408 e. The zero-order chi connectivity index (χ0) is 13.3. The van der Waals surface area contributed by atoms with E-state index >= 15 is 0 Å². The molecule has 1 aromatic heterocycles. The fourth-order valence-corrected chi connectivity index (χ4v) is 3.14. The number of anilines is 1. The van der Waals surface area contributed by atoms with Gasteiger partial charge in [0.1, 0.15) is 10.9 Å². The van der Waals surface area contributed by atoms with E-state index < -0.39 is 12.2 Å². The van der Waals surface area contributed by atoms with Crippen LogP contribution in [0.2, 0.25) is 5.15 Å². The van der Waals surface area contributed by atoms with Crippen molar-refractivity contribution in [2.24, 2.45) is 0 Å². The molecule has 0 spiro atoms. The molecule has 18 heavy (non-hydrogen) atoms. The van der Waals surface area contributed by atoms with Gasteiger partial charge in [0.2, 0.25) is 0 Å². The summed E-state index contributed by atoms with van der Waals surface area (Å²) in [6, 6.07) is -1.53. The summed E-state index contributed by atoms with van der Waals surface area (Å²) in [5.74, 6) is 0. The molecule has 0 aromatic carbocycles. The summed E-state index contributed by atoms with van der Waals surface area (Å²) in [6.45, 7) is 0.284. The second-order valence-corrected chi connectivity index (χ2v) is 5.38. The molecule has 0 N–H and O–H groups in total. The van der Waals surface area contributed by atoms with E-state index in [1.54, 1.807) is 0 Å². The standard InChI is InChI=1S/C10H10ClF3N2OS/c11-8-6(5-17)18-9(15-8)16-4-2-1-3-7(16)10(12,13)14/h5,7H,1-4H2. The van der Waals surface area contributed by atoms with Crippen LogP contribution in [-0.4, -0.2) is 30.0 Å². The number of nitrogens with zero attached hydrogens (tertiary/aromatic N) is 2. The van der Waals surface area contributed by atoms with Crippen molar-refractivity contribution in [2.75, 3.05) is 11.4 Å². The minimum Gasteiger partial charge on any atom is -0.336 e. The van der Waals surface area contributed by atoms with Gasteiger partial charge in [-0.15, -0.1) is 0 Å². The van der Waals surface area contributed by atoms with E-state index in [1.807, 2.05) is 0 Å². The maximum Gasteiger partial charge on any atom is 0.408 e. The molecule has 0 aliphatic carbocycles. The first-order valence-electron chi connectivity index (χ1n) is 5.38. The van der Waals surface area contributed by atoms with E-state index in [4.69, 9.17) is 11.6 Å². The summed E-state index contributed by atoms with van der Waals surface area (Å²) in [5, 5.41) is 0.139. The molecule has 0 amide bonds. The third kappa shape index (κ3) is 2.61. The maximum absolute atomic E-state index is 12.9. The Labute approximate surface area is 111 Å². The smallest absolute Gasteiger partial charge is 0.336 e. The molecular weight excluding hydrogens is 289 g/mol. The Morgan fingerprint density at radius 1 is 1.44 bits per heavy atom. The lowest BCUT2D eigenvalue weighted by atomic mass is 10.0. The maximum atomic E-state index is 12.9. The van der Waals surface area contributed by atoms with Crippen molar-refractivity contribution in [1.82, 2.24) is 4.98 Å². The van der Waals surface area contributed by atoms with Gasteiger partial charge in [-0.1, -0.05) is 22.9 Å². The Morgan fingerprint density at radius 3 is 2.72 bits per heavy atom. The second kappa shape index (κ2) is 5.05. The molecule has 1 unspecified atom stereocenters. The Kier molecular flexibility index (Phi) is 3.82. The fourth-order valence-electron chi connectivity index (χ4n) is 2.00. The monoisotopic (exact) mass is 298 g/mol. The number of hydrogen-bond donors (Lipinski definition) is 0. The van der Waals surface area contributed by atoms with E-state index in [0.717, 1.165) is 11.3 Å². The Hall–Kier alpha value is -0.820. The zero-order valence-electron chi connectivity index (χ0n) is 9.21. The normalized spacial score (nSPS) is 21.1. The third-order valence-corrected chi connectivity index (χ3v) is 4.25. The van der Waals surface area contributed by atoms with Crippen LogP contribution in [0.25, 0.3) is 0 Å². The third-order valence-electron chi connectivity index (χ3n) is 2.83. The molecule has 1 saturated heterocycles. The highest BCUT2D eigenvalue weighted by Crippen LogP contribution is 2.38. The number of piperidine rings is 1. The fraction of sp³-hybridized carbons (Fsp3) is 0.600. The van der Waals surface area contributed by atoms with Gasteiger partial charge >= 0.3 is 6.18 Å². The molecular formula is C10H10ClF3N2OS. The molecule has 1 fully saturated rings. The van der Waals surface area contributed by atoms with Gasteiger partial charge in [-0.05, 0) is 19.3 Å². The van der Waals surface area contributed by atoms with Crippen LogP contribution < -0.4 is 4.90 Å². The lowest BCUT2D eigenvalue weighted by molar-refractivity contribution is -0.152. The first-order valence-corrected chi connectivity index (χ1v) is 6.58. The van der Waals surface area contributed by atoms with Crippen LogP contribution in [0.4, 0.5) is 18.3 Å². The summed E-state index contributed by atoms with van der Waals surface area (Å²) in [4.78, 5) is 15.9. The molecule has 3 nitrogen and oxygen atoms in total. The highest BCUT2D eigenvalue weighted by atomic mass is 35.5. The van der Waals surface area contributed by atoms with Gasteiger partial charge < -0.3 is 4.90 Å². The van der Waals surface area contributed by atoms with E-state index in [0.29, 0.717) is 19.1 Å². The minimum atomic E-state index is -4.29. The summed E-state index contributed by atoms with van der Waals surface area (Å²) in [5.41, 5.74) is 0. The van der Waals surface area contributed by atoms with Gasteiger partial charge in [0.25, 0.3) is 0 Å². The van der Waals surface area contributed by atoms with Gasteiger partial charge in [0.05, 0.1) is 0 Å². The molecule has 2 heterocycles. The van der Waals surface area contributed by atoms with Crippen molar-refractivity contribution in [2.45, 2.75) is 31.5 Å². The number of rotatable bonds is 2. The Balaban J connectivity index is 2.30. The second-order valence-electron chi connectivity index (χ2n) is 4.02. The first-order chi connectivity index (χ1) is 8.43.